The normalized spacial score (nSPS) is 10.3. The van der Waals surface area contributed by atoms with Crippen molar-refractivity contribution in [1.82, 2.24) is 0 Å². The quantitative estimate of drug-likeness (QED) is 0.350. The third-order valence-corrected chi connectivity index (χ3v) is 3.32. The molecule has 0 saturated heterocycles. The third kappa shape index (κ3) is 4.05. The molecule has 0 N–H and O–H groups in total. The molecule has 0 fully saturated rings. The van der Waals surface area contributed by atoms with Gasteiger partial charge in [0.2, 0.25) is 0 Å². The van der Waals surface area contributed by atoms with Crippen LogP contribution in [-0.4, -0.2) is 17.3 Å². The van der Waals surface area contributed by atoms with E-state index in [1.807, 2.05) is 6.07 Å². The Morgan fingerprint density at radius 3 is 2.79 bits per heavy atom. The van der Waals surface area contributed by atoms with Crippen molar-refractivity contribution in [3.8, 4) is 11.8 Å². The van der Waals surface area contributed by atoms with Crippen LogP contribution >= 0.6 is 0 Å². The Hall–Kier alpha value is -3.46. The lowest BCUT2D eigenvalue weighted by Crippen LogP contribution is -1.99. The number of aryl methyl sites for hydroxylation is 1. The Labute approximate surface area is 138 Å². The number of para-hydroxylation sites is 1. The van der Waals surface area contributed by atoms with Crippen LogP contribution in [-0.2, 0) is 0 Å². The van der Waals surface area contributed by atoms with Crippen LogP contribution in [0, 0.1) is 28.4 Å². The van der Waals surface area contributed by atoms with Gasteiger partial charge in [-0.3, -0.25) is 14.9 Å². The predicted molar refractivity (Wildman–Crippen MR) is 88.7 cm³/mol. The molecule has 0 radical (unpaired) electrons. The molecular weight excluding hydrogens is 308 g/mol. The molecule has 120 valence electrons. The van der Waals surface area contributed by atoms with Gasteiger partial charge in [-0.15, -0.1) is 0 Å². The maximum absolute atomic E-state index is 12.2. The fraction of sp³-hybridized carbons (Fsp3) is 0.111. The summed E-state index contributed by atoms with van der Waals surface area (Å²) in [5.41, 5.74) is 1.28. The van der Waals surface area contributed by atoms with E-state index in [0.29, 0.717) is 16.9 Å². The molecule has 2 aromatic rings. The van der Waals surface area contributed by atoms with Crippen LogP contribution < -0.4 is 4.74 Å². The second kappa shape index (κ2) is 7.70. The molecule has 0 heterocycles. The lowest BCUT2D eigenvalue weighted by atomic mass is 10.1. The van der Waals surface area contributed by atoms with E-state index in [1.54, 1.807) is 49.4 Å². The summed E-state index contributed by atoms with van der Waals surface area (Å²) in [4.78, 5) is 22.7. The van der Waals surface area contributed by atoms with Gasteiger partial charge in [0.25, 0.3) is 5.69 Å². The van der Waals surface area contributed by atoms with Crippen molar-refractivity contribution in [2.75, 3.05) is 6.61 Å². The second-order valence-electron chi connectivity index (χ2n) is 4.94. The molecule has 0 aromatic heterocycles. The van der Waals surface area contributed by atoms with E-state index in [2.05, 4.69) is 0 Å². The standard InChI is InChI=1S/C18H14N2O4/c1-13-6-7-15(12-16(13)20(22)23)17(21)9-8-14-4-2-3-5-18(14)24-11-10-19/h2-9,12H,11H2,1H3/b9-8+. The minimum Gasteiger partial charge on any atom is -0.478 e. The number of ether oxygens (including phenoxy) is 1. The fourth-order valence-electron chi connectivity index (χ4n) is 2.08. The number of ketones is 1. The summed E-state index contributed by atoms with van der Waals surface area (Å²) >= 11 is 0. The Morgan fingerprint density at radius 1 is 1.33 bits per heavy atom. The van der Waals surface area contributed by atoms with Crippen molar-refractivity contribution < 1.29 is 14.5 Å². The van der Waals surface area contributed by atoms with Crippen molar-refractivity contribution in [3.63, 3.8) is 0 Å². The maximum atomic E-state index is 12.2. The minimum absolute atomic E-state index is 0.0907. The number of nitro groups is 1. The summed E-state index contributed by atoms with van der Waals surface area (Å²) in [5.74, 6) is 0.131. The fourth-order valence-corrected chi connectivity index (χ4v) is 2.08. The van der Waals surface area contributed by atoms with Crippen LogP contribution in [0.1, 0.15) is 21.5 Å². The maximum Gasteiger partial charge on any atom is 0.273 e. The van der Waals surface area contributed by atoms with E-state index < -0.39 is 4.92 Å². The zero-order valence-electron chi connectivity index (χ0n) is 12.9. The number of nitrogens with zero attached hydrogens (tertiary/aromatic N) is 2. The molecule has 24 heavy (non-hydrogen) atoms. The number of rotatable bonds is 6. The molecular formula is C18H14N2O4. The van der Waals surface area contributed by atoms with E-state index >= 15 is 0 Å². The van der Waals surface area contributed by atoms with E-state index in [-0.39, 0.29) is 23.6 Å². The summed E-state index contributed by atoms with van der Waals surface area (Å²) in [6.45, 7) is 1.52. The zero-order valence-corrected chi connectivity index (χ0v) is 12.9. The van der Waals surface area contributed by atoms with E-state index in [9.17, 15) is 14.9 Å². The topological polar surface area (TPSA) is 93.2 Å². The SMILES string of the molecule is Cc1ccc(C(=O)/C=C/c2ccccc2OCC#N)cc1[N+](=O)[O-]. The number of nitro benzene ring substituents is 1. The second-order valence-corrected chi connectivity index (χ2v) is 4.94. The molecule has 0 aliphatic rings. The molecule has 0 bridgehead atoms. The van der Waals surface area contributed by atoms with Crippen LogP contribution in [0.2, 0.25) is 0 Å². The summed E-state index contributed by atoms with van der Waals surface area (Å²) < 4.78 is 5.28. The third-order valence-electron chi connectivity index (χ3n) is 3.32. The van der Waals surface area contributed by atoms with Gasteiger partial charge < -0.3 is 4.74 Å². The first-order valence-electron chi connectivity index (χ1n) is 7.09. The van der Waals surface area contributed by atoms with Crippen LogP contribution in [0.15, 0.2) is 48.5 Å². The monoisotopic (exact) mass is 322 g/mol. The van der Waals surface area contributed by atoms with Gasteiger partial charge >= 0.3 is 0 Å². The lowest BCUT2D eigenvalue weighted by Gasteiger charge is -2.05. The molecule has 0 spiro atoms. The Balaban J connectivity index is 2.24. The molecule has 2 rings (SSSR count). The Kier molecular flexibility index (Phi) is 5.42. The number of nitriles is 1. The molecule has 0 aliphatic heterocycles. The average Bonchev–Trinajstić information content (AvgIpc) is 2.58. The number of carbonyl (C=O) groups excluding carboxylic acids is 1. The van der Waals surface area contributed by atoms with Crippen molar-refractivity contribution in [3.05, 3.63) is 75.3 Å². The van der Waals surface area contributed by atoms with Crippen molar-refractivity contribution in [2.45, 2.75) is 6.92 Å². The molecule has 0 atom stereocenters. The molecule has 6 heteroatoms. The van der Waals surface area contributed by atoms with E-state index in [4.69, 9.17) is 10.00 Å². The van der Waals surface area contributed by atoms with Gasteiger partial charge in [-0.2, -0.15) is 5.26 Å². The lowest BCUT2D eigenvalue weighted by molar-refractivity contribution is -0.385. The molecule has 0 saturated carbocycles. The molecule has 0 aliphatic carbocycles. The summed E-state index contributed by atoms with van der Waals surface area (Å²) in [5, 5.41) is 19.5. The largest absolute Gasteiger partial charge is 0.478 e. The number of hydrogen-bond acceptors (Lipinski definition) is 5. The van der Waals surface area contributed by atoms with Gasteiger partial charge in [-0.1, -0.05) is 30.3 Å². The number of allylic oxidation sites excluding steroid dienone is 1. The van der Waals surface area contributed by atoms with Gasteiger partial charge in [0.15, 0.2) is 12.4 Å². The number of carbonyl (C=O) groups is 1. The average molecular weight is 322 g/mol. The highest BCUT2D eigenvalue weighted by Gasteiger charge is 2.13. The first kappa shape index (κ1) is 16.9. The molecule has 6 nitrogen and oxygen atoms in total. The number of benzene rings is 2. The Bertz CT molecular complexity index is 850. The summed E-state index contributed by atoms with van der Waals surface area (Å²) in [7, 11) is 0. The van der Waals surface area contributed by atoms with Crippen molar-refractivity contribution >= 4 is 17.5 Å². The zero-order chi connectivity index (χ0) is 17.5. The van der Waals surface area contributed by atoms with E-state index in [0.717, 1.165) is 0 Å². The van der Waals surface area contributed by atoms with Crippen molar-refractivity contribution in [2.24, 2.45) is 0 Å². The van der Waals surface area contributed by atoms with E-state index in [1.165, 1.54) is 12.1 Å². The van der Waals surface area contributed by atoms with Gasteiger partial charge in [-0.05, 0) is 25.1 Å². The highest BCUT2D eigenvalue weighted by Crippen LogP contribution is 2.22. The summed E-state index contributed by atoms with van der Waals surface area (Å²) in [6, 6.07) is 13.2. The van der Waals surface area contributed by atoms with Crippen LogP contribution in [0.25, 0.3) is 6.08 Å². The van der Waals surface area contributed by atoms with Gasteiger partial charge in [0.1, 0.15) is 11.8 Å². The smallest absolute Gasteiger partial charge is 0.273 e. The minimum atomic E-state index is -0.513. The Morgan fingerprint density at radius 2 is 2.08 bits per heavy atom. The molecule has 0 amide bonds. The molecule has 2 aromatic carbocycles. The van der Waals surface area contributed by atoms with Crippen molar-refractivity contribution in [1.29, 1.82) is 5.26 Å². The predicted octanol–water partition coefficient (Wildman–Crippen LogP) is 3.70. The van der Waals surface area contributed by atoms with Crippen LogP contribution in [0.4, 0.5) is 5.69 Å². The highest BCUT2D eigenvalue weighted by molar-refractivity contribution is 6.07. The van der Waals surface area contributed by atoms with Gasteiger partial charge in [0, 0.05) is 22.8 Å². The van der Waals surface area contributed by atoms with Crippen LogP contribution in [0.3, 0.4) is 0 Å². The van der Waals surface area contributed by atoms with Gasteiger partial charge in [0.05, 0.1) is 4.92 Å². The highest BCUT2D eigenvalue weighted by atomic mass is 16.6. The van der Waals surface area contributed by atoms with Gasteiger partial charge in [-0.25, -0.2) is 0 Å². The van der Waals surface area contributed by atoms with Crippen LogP contribution in [0.5, 0.6) is 5.75 Å². The summed E-state index contributed by atoms with van der Waals surface area (Å²) in [6.07, 6.45) is 2.88. The first-order chi connectivity index (χ1) is 11.5. The molecule has 0 unspecified atom stereocenters. The number of hydrogen-bond donors (Lipinski definition) is 0. The first-order valence-corrected chi connectivity index (χ1v) is 7.09.